The number of aromatic nitrogens is 4. The molecule has 0 spiro atoms. The number of hydrogen-bond donors (Lipinski definition) is 1. The number of primary sulfonamides is 1. The molecule has 2 fully saturated rings. The van der Waals surface area contributed by atoms with Crippen LogP contribution in [0.5, 0.6) is 0 Å². The molecule has 0 saturated carbocycles. The molecule has 14 heteroatoms. The van der Waals surface area contributed by atoms with E-state index in [1.54, 1.807) is 42.5 Å². The number of rotatable bonds is 7. The fraction of sp³-hybridized carbons (Fsp3) is 0.333. The third kappa shape index (κ3) is 6.10. The summed E-state index contributed by atoms with van der Waals surface area (Å²) in [5, 5.41) is 9.57. The van der Waals surface area contributed by atoms with E-state index < -0.39 is 40.1 Å². The zero-order valence-electron chi connectivity index (χ0n) is 23.6. The maximum Gasteiger partial charge on any atom is 0.273 e. The van der Waals surface area contributed by atoms with E-state index in [9.17, 15) is 17.6 Å². The summed E-state index contributed by atoms with van der Waals surface area (Å²) >= 11 is 0. The molecule has 6 rings (SSSR count). The first-order valence-electron chi connectivity index (χ1n) is 14.1. The van der Waals surface area contributed by atoms with Gasteiger partial charge in [0.25, 0.3) is 17.8 Å². The molecule has 0 bridgehead atoms. The highest BCUT2D eigenvalue weighted by molar-refractivity contribution is 7.89. The molecule has 44 heavy (non-hydrogen) atoms. The minimum atomic E-state index is -3.78. The summed E-state index contributed by atoms with van der Waals surface area (Å²) in [5.41, 5.74) is 2.08. The second-order valence-electron chi connectivity index (χ2n) is 11.2. The van der Waals surface area contributed by atoms with Crippen LogP contribution >= 0.6 is 0 Å². The van der Waals surface area contributed by atoms with Gasteiger partial charge in [0.1, 0.15) is 0 Å². The lowest BCUT2D eigenvalue weighted by atomic mass is 9.90. The molecule has 10 nitrogen and oxygen atoms in total. The molecule has 2 aliphatic heterocycles. The molecule has 1 atom stereocenters. The molecule has 1 unspecified atom stereocenters. The van der Waals surface area contributed by atoms with Crippen LogP contribution < -0.4 is 5.14 Å². The molecule has 2 aromatic heterocycles. The molecule has 4 heterocycles. The number of nitrogens with zero attached hydrogens (tertiary/aromatic N) is 6. The highest BCUT2D eigenvalue weighted by Gasteiger charge is 2.50. The second kappa shape index (κ2) is 11.7. The van der Waals surface area contributed by atoms with Crippen molar-refractivity contribution in [1.29, 1.82) is 0 Å². The number of likely N-dealkylation sites (tertiary alicyclic amines) is 2. The van der Waals surface area contributed by atoms with Crippen LogP contribution in [-0.2, 0) is 16.6 Å². The van der Waals surface area contributed by atoms with Gasteiger partial charge in [0.05, 0.1) is 47.2 Å². The van der Waals surface area contributed by atoms with Gasteiger partial charge in [0.15, 0.2) is 5.82 Å². The number of hydrogen-bond acceptors (Lipinski definition) is 7. The van der Waals surface area contributed by atoms with Crippen molar-refractivity contribution in [1.82, 2.24) is 29.5 Å². The first-order valence-corrected chi connectivity index (χ1v) is 15.7. The smallest absolute Gasteiger partial charge is 0.273 e. The zero-order chi connectivity index (χ0) is 31.1. The standard InChI is InChI=1S/C30H30F3N7O3S/c31-23-14-35-29(36-15-23)40-27(22-10-12-38(13-11-22)17-20-6-8-24(9-7-20)44(34,42)43)25(16-37-40)28(41)39-18-26(30(32,33)19-39)21-4-2-1-3-5-21/h1-9,14-16,22,26H,10-13,17-19H2,(H2,34,42,43). The Morgan fingerprint density at radius 1 is 0.977 bits per heavy atom. The minimum Gasteiger partial charge on any atom is -0.332 e. The van der Waals surface area contributed by atoms with Gasteiger partial charge in [-0.15, -0.1) is 0 Å². The van der Waals surface area contributed by atoms with Crippen LogP contribution in [0.15, 0.2) is 78.1 Å². The summed E-state index contributed by atoms with van der Waals surface area (Å²) in [6, 6.07) is 14.8. The molecule has 2 aliphatic rings. The summed E-state index contributed by atoms with van der Waals surface area (Å²) in [6.07, 6.45) is 4.60. The van der Waals surface area contributed by atoms with Crippen molar-refractivity contribution < 1.29 is 26.4 Å². The monoisotopic (exact) mass is 625 g/mol. The summed E-state index contributed by atoms with van der Waals surface area (Å²) in [4.78, 5) is 25.4. The third-order valence-corrected chi connectivity index (χ3v) is 9.20. The van der Waals surface area contributed by atoms with Gasteiger partial charge < -0.3 is 4.90 Å². The Morgan fingerprint density at radius 2 is 1.64 bits per heavy atom. The van der Waals surface area contributed by atoms with Crippen LogP contribution in [0.2, 0.25) is 0 Å². The van der Waals surface area contributed by atoms with E-state index in [4.69, 9.17) is 5.14 Å². The first kappa shape index (κ1) is 29.9. The molecule has 230 valence electrons. The molecule has 0 aliphatic carbocycles. The van der Waals surface area contributed by atoms with Crippen molar-refractivity contribution in [2.75, 3.05) is 26.2 Å². The van der Waals surface area contributed by atoms with E-state index in [1.165, 1.54) is 27.9 Å². The molecule has 0 radical (unpaired) electrons. The highest BCUT2D eigenvalue weighted by atomic mass is 32.2. The van der Waals surface area contributed by atoms with Crippen LogP contribution in [0.4, 0.5) is 13.2 Å². The van der Waals surface area contributed by atoms with Gasteiger partial charge in [0.2, 0.25) is 10.0 Å². The lowest BCUT2D eigenvalue weighted by Crippen LogP contribution is -2.35. The van der Waals surface area contributed by atoms with E-state index in [-0.39, 0.29) is 28.9 Å². The van der Waals surface area contributed by atoms with Crippen molar-refractivity contribution in [3.05, 3.63) is 101 Å². The van der Waals surface area contributed by atoms with E-state index in [0.29, 0.717) is 43.7 Å². The van der Waals surface area contributed by atoms with Gasteiger partial charge >= 0.3 is 0 Å². The average molecular weight is 626 g/mol. The van der Waals surface area contributed by atoms with Gasteiger partial charge in [-0.25, -0.2) is 41.4 Å². The number of piperidine rings is 1. The SMILES string of the molecule is NS(=O)(=O)c1ccc(CN2CCC(c3c(C(=O)N4CC(c5ccccc5)C(F)(F)C4)cnn3-c3ncc(F)cn3)CC2)cc1. The van der Waals surface area contributed by atoms with Crippen molar-refractivity contribution in [2.24, 2.45) is 5.14 Å². The number of carbonyl (C=O) groups is 1. The Kier molecular flexibility index (Phi) is 7.99. The van der Waals surface area contributed by atoms with Crippen LogP contribution in [-0.4, -0.2) is 76.0 Å². The molecule has 2 N–H and O–H groups in total. The van der Waals surface area contributed by atoms with Gasteiger partial charge in [-0.05, 0) is 49.2 Å². The number of nitrogens with two attached hydrogens (primary N) is 1. The van der Waals surface area contributed by atoms with E-state index in [1.807, 2.05) is 0 Å². The average Bonchev–Trinajstić information content (AvgIpc) is 3.59. The Balaban J connectivity index is 1.24. The lowest BCUT2D eigenvalue weighted by Gasteiger charge is -2.32. The quantitative estimate of drug-likeness (QED) is 0.332. The summed E-state index contributed by atoms with van der Waals surface area (Å²) in [7, 11) is -3.78. The number of sulfonamides is 1. The summed E-state index contributed by atoms with van der Waals surface area (Å²) in [6.45, 7) is 1.00. The Labute approximate surface area is 252 Å². The summed E-state index contributed by atoms with van der Waals surface area (Å²) in [5.74, 6) is -5.52. The van der Waals surface area contributed by atoms with E-state index >= 15 is 8.78 Å². The Morgan fingerprint density at radius 3 is 2.27 bits per heavy atom. The molecular formula is C30H30F3N7O3S. The number of carbonyl (C=O) groups excluding carboxylic acids is 1. The maximum atomic E-state index is 15.2. The normalized spacial score (nSPS) is 19.4. The van der Waals surface area contributed by atoms with Crippen molar-refractivity contribution in [3.63, 3.8) is 0 Å². The van der Waals surface area contributed by atoms with Crippen LogP contribution in [0.3, 0.4) is 0 Å². The fourth-order valence-electron chi connectivity index (χ4n) is 6.04. The topological polar surface area (TPSA) is 127 Å². The number of amides is 1. The Bertz CT molecular complexity index is 1740. The van der Waals surface area contributed by atoms with Crippen molar-refractivity contribution >= 4 is 15.9 Å². The van der Waals surface area contributed by atoms with Gasteiger partial charge in [-0.1, -0.05) is 42.5 Å². The third-order valence-electron chi connectivity index (χ3n) is 8.27. The van der Waals surface area contributed by atoms with Crippen LogP contribution in [0.1, 0.15) is 51.9 Å². The zero-order valence-corrected chi connectivity index (χ0v) is 24.4. The number of benzene rings is 2. The summed E-state index contributed by atoms with van der Waals surface area (Å²) < 4.78 is 68.5. The van der Waals surface area contributed by atoms with Gasteiger partial charge in [0, 0.05) is 19.0 Å². The van der Waals surface area contributed by atoms with Crippen molar-refractivity contribution in [3.8, 4) is 5.95 Å². The number of halogens is 3. The van der Waals surface area contributed by atoms with Crippen LogP contribution in [0, 0.1) is 5.82 Å². The second-order valence-corrected chi connectivity index (χ2v) is 12.8. The highest BCUT2D eigenvalue weighted by Crippen LogP contribution is 2.41. The molecule has 2 aromatic carbocycles. The molecular weight excluding hydrogens is 595 g/mol. The van der Waals surface area contributed by atoms with E-state index in [2.05, 4.69) is 20.0 Å². The molecule has 1 amide bonds. The largest absolute Gasteiger partial charge is 0.332 e. The van der Waals surface area contributed by atoms with Gasteiger partial charge in [-0.2, -0.15) is 5.10 Å². The van der Waals surface area contributed by atoms with Gasteiger partial charge in [-0.3, -0.25) is 9.69 Å². The maximum absolute atomic E-state index is 15.2. The molecule has 2 saturated heterocycles. The van der Waals surface area contributed by atoms with Crippen molar-refractivity contribution in [2.45, 2.75) is 42.0 Å². The molecule has 4 aromatic rings. The minimum absolute atomic E-state index is 0.0410. The predicted molar refractivity (Wildman–Crippen MR) is 154 cm³/mol. The number of alkyl halides is 2. The van der Waals surface area contributed by atoms with E-state index in [0.717, 1.165) is 18.0 Å². The first-order chi connectivity index (χ1) is 21.0. The predicted octanol–water partition coefficient (Wildman–Crippen LogP) is 3.70. The Hall–Kier alpha value is -4.14. The van der Waals surface area contributed by atoms with Crippen LogP contribution in [0.25, 0.3) is 5.95 Å². The lowest BCUT2D eigenvalue weighted by molar-refractivity contribution is -0.00244. The fourth-order valence-corrected chi connectivity index (χ4v) is 6.56.